The highest BCUT2D eigenvalue weighted by atomic mass is 35.5. The fourth-order valence-electron chi connectivity index (χ4n) is 2.93. The molecule has 0 aliphatic rings. The molecule has 3 rings (SSSR count). The molecule has 2 aromatic carbocycles. The minimum Gasteiger partial charge on any atom is -0.465 e. The molecule has 0 saturated carbocycles. The molecular formula is C21H19ClN2O4. The van der Waals surface area contributed by atoms with Crippen molar-refractivity contribution in [3.05, 3.63) is 70.9 Å². The van der Waals surface area contributed by atoms with E-state index in [1.54, 1.807) is 56.6 Å². The number of rotatable bonds is 4. The number of hydrogen-bond donors (Lipinski definition) is 0. The van der Waals surface area contributed by atoms with Crippen molar-refractivity contribution < 1.29 is 19.1 Å². The Morgan fingerprint density at radius 2 is 1.68 bits per heavy atom. The van der Waals surface area contributed by atoms with Gasteiger partial charge in [-0.15, -0.1) is 11.6 Å². The summed E-state index contributed by atoms with van der Waals surface area (Å²) >= 11 is 5.81. The second-order valence-corrected chi connectivity index (χ2v) is 6.74. The number of aromatic nitrogens is 1. The lowest BCUT2D eigenvalue weighted by molar-refractivity contribution is 0.0600. The van der Waals surface area contributed by atoms with Crippen LogP contribution in [-0.4, -0.2) is 48.5 Å². The molecule has 0 unspecified atom stereocenters. The Morgan fingerprint density at radius 1 is 1.04 bits per heavy atom. The number of alkyl halides is 1. The van der Waals surface area contributed by atoms with Crippen LogP contribution in [-0.2, 0) is 10.6 Å². The van der Waals surface area contributed by atoms with Crippen LogP contribution in [0.5, 0.6) is 0 Å². The van der Waals surface area contributed by atoms with E-state index in [0.29, 0.717) is 33.5 Å². The maximum absolute atomic E-state index is 13.1. The first-order valence-corrected chi connectivity index (χ1v) is 9.05. The lowest BCUT2D eigenvalue weighted by Crippen LogP contribution is -2.26. The number of ketones is 1. The van der Waals surface area contributed by atoms with Crippen LogP contribution in [0.1, 0.15) is 31.8 Å². The molecule has 0 fully saturated rings. The van der Waals surface area contributed by atoms with Gasteiger partial charge in [-0.25, -0.2) is 9.59 Å². The summed E-state index contributed by atoms with van der Waals surface area (Å²) in [5.41, 5.74) is 2.53. The molecule has 3 aromatic rings. The predicted octanol–water partition coefficient (Wildman–Crippen LogP) is 3.93. The van der Waals surface area contributed by atoms with Crippen molar-refractivity contribution in [1.82, 2.24) is 9.47 Å². The number of carbonyl (C=O) groups is 3. The molecule has 1 amide bonds. The van der Waals surface area contributed by atoms with Gasteiger partial charge in [-0.2, -0.15) is 0 Å². The number of esters is 1. The van der Waals surface area contributed by atoms with E-state index in [1.165, 1.54) is 22.8 Å². The molecule has 1 aromatic heterocycles. The standard InChI is InChI=1S/C21H19ClN2O4/c1-23(2)21(27)24-12-17(19(25)14-6-4-13(11-22)5-7-14)16-10-15(20(26)28-3)8-9-18(16)24/h4-10,12H,11H2,1-3H3. The number of nitrogens with zero attached hydrogens (tertiary/aromatic N) is 2. The van der Waals surface area contributed by atoms with Crippen LogP contribution in [0, 0.1) is 0 Å². The molecule has 28 heavy (non-hydrogen) atoms. The van der Waals surface area contributed by atoms with E-state index in [0.717, 1.165) is 5.56 Å². The van der Waals surface area contributed by atoms with Crippen molar-refractivity contribution in [1.29, 1.82) is 0 Å². The van der Waals surface area contributed by atoms with Crippen LogP contribution in [0.25, 0.3) is 10.9 Å². The highest BCUT2D eigenvalue weighted by molar-refractivity contribution is 6.18. The van der Waals surface area contributed by atoms with Gasteiger partial charge >= 0.3 is 12.0 Å². The lowest BCUT2D eigenvalue weighted by Gasteiger charge is -2.11. The third kappa shape index (κ3) is 3.51. The van der Waals surface area contributed by atoms with Crippen LogP contribution in [0.15, 0.2) is 48.7 Å². The van der Waals surface area contributed by atoms with Gasteiger partial charge in [-0.3, -0.25) is 9.36 Å². The zero-order valence-electron chi connectivity index (χ0n) is 15.7. The van der Waals surface area contributed by atoms with E-state index in [4.69, 9.17) is 16.3 Å². The molecule has 144 valence electrons. The zero-order valence-corrected chi connectivity index (χ0v) is 16.5. The normalized spacial score (nSPS) is 10.7. The summed E-state index contributed by atoms with van der Waals surface area (Å²) in [7, 11) is 4.55. The molecule has 0 spiro atoms. The van der Waals surface area contributed by atoms with E-state index in [-0.39, 0.29) is 11.8 Å². The van der Waals surface area contributed by atoms with Crippen LogP contribution in [0.2, 0.25) is 0 Å². The van der Waals surface area contributed by atoms with Gasteiger partial charge in [0.1, 0.15) is 0 Å². The van der Waals surface area contributed by atoms with E-state index < -0.39 is 5.97 Å². The van der Waals surface area contributed by atoms with E-state index >= 15 is 0 Å². The third-order valence-electron chi connectivity index (χ3n) is 4.43. The topological polar surface area (TPSA) is 68.6 Å². The second kappa shape index (κ2) is 7.86. The average molecular weight is 399 g/mol. The molecule has 6 nitrogen and oxygen atoms in total. The summed E-state index contributed by atoms with van der Waals surface area (Å²) < 4.78 is 6.17. The van der Waals surface area contributed by atoms with Crippen molar-refractivity contribution in [2.24, 2.45) is 0 Å². The van der Waals surface area contributed by atoms with E-state index in [1.807, 2.05) is 0 Å². The fourth-order valence-corrected chi connectivity index (χ4v) is 3.11. The van der Waals surface area contributed by atoms with Crippen LogP contribution >= 0.6 is 11.6 Å². The summed E-state index contributed by atoms with van der Waals surface area (Å²) in [6.45, 7) is 0. The number of hydrogen-bond acceptors (Lipinski definition) is 4. The molecule has 1 heterocycles. The van der Waals surface area contributed by atoms with Crippen molar-refractivity contribution in [3.63, 3.8) is 0 Å². The molecule has 7 heteroatoms. The number of fused-ring (bicyclic) bond motifs is 1. The van der Waals surface area contributed by atoms with Gasteiger partial charge in [0, 0.05) is 42.7 Å². The minimum absolute atomic E-state index is 0.251. The van der Waals surface area contributed by atoms with E-state index in [2.05, 4.69) is 0 Å². The zero-order chi connectivity index (χ0) is 20.4. The number of halogens is 1. The fraction of sp³-hybridized carbons (Fsp3) is 0.190. The number of amides is 1. The van der Waals surface area contributed by atoms with Gasteiger partial charge in [0.2, 0.25) is 0 Å². The maximum Gasteiger partial charge on any atom is 0.337 e. The highest BCUT2D eigenvalue weighted by Crippen LogP contribution is 2.26. The van der Waals surface area contributed by atoms with Gasteiger partial charge in [-0.05, 0) is 23.8 Å². The lowest BCUT2D eigenvalue weighted by atomic mass is 10.0. The minimum atomic E-state index is -0.515. The first-order valence-electron chi connectivity index (χ1n) is 8.52. The van der Waals surface area contributed by atoms with Crippen molar-refractivity contribution in [2.75, 3.05) is 21.2 Å². The van der Waals surface area contributed by atoms with Crippen molar-refractivity contribution in [2.45, 2.75) is 5.88 Å². The van der Waals surface area contributed by atoms with Crippen LogP contribution in [0.4, 0.5) is 4.79 Å². The SMILES string of the molecule is COC(=O)c1ccc2c(c1)c(C(=O)c1ccc(CCl)cc1)cn2C(=O)N(C)C. The molecule has 0 N–H and O–H groups in total. The largest absolute Gasteiger partial charge is 0.465 e. The predicted molar refractivity (Wildman–Crippen MR) is 107 cm³/mol. The first kappa shape index (κ1) is 19.6. The van der Waals surface area contributed by atoms with E-state index in [9.17, 15) is 14.4 Å². The molecule has 0 bridgehead atoms. The molecule has 0 aliphatic heterocycles. The van der Waals surface area contributed by atoms with Gasteiger partial charge < -0.3 is 9.64 Å². The Labute approximate surface area is 167 Å². The molecule has 0 saturated heterocycles. The van der Waals surface area contributed by atoms with Gasteiger partial charge in [0.25, 0.3) is 0 Å². The summed E-state index contributed by atoms with van der Waals surface area (Å²) in [5.74, 6) is -0.412. The Balaban J connectivity index is 2.19. The number of benzene rings is 2. The summed E-state index contributed by atoms with van der Waals surface area (Å²) in [6, 6.07) is 11.4. The maximum atomic E-state index is 13.1. The van der Waals surface area contributed by atoms with Crippen molar-refractivity contribution >= 4 is 40.3 Å². The average Bonchev–Trinajstić information content (AvgIpc) is 3.10. The Kier molecular flexibility index (Phi) is 5.51. The van der Waals surface area contributed by atoms with Gasteiger partial charge in [0.05, 0.1) is 18.2 Å². The molecular weight excluding hydrogens is 380 g/mol. The number of carbonyl (C=O) groups excluding carboxylic acids is 3. The first-order chi connectivity index (χ1) is 13.4. The molecule has 0 aliphatic carbocycles. The molecule has 0 radical (unpaired) electrons. The van der Waals surface area contributed by atoms with Gasteiger partial charge in [-0.1, -0.05) is 24.3 Å². The highest BCUT2D eigenvalue weighted by Gasteiger charge is 2.21. The van der Waals surface area contributed by atoms with Gasteiger partial charge in [0.15, 0.2) is 5.78 Å². The molecule has 0 atom stereocenters. The third-order valence-corrected chi connectivity index (χ3v) is 4.74. The summed E-state index contributed by atoms with van der Waals surface area (Å²) in [4.78, 5) is 39.0. The summed E-state index contributed by atoms with van der Waals surface area (Å²) in [5, 5.41) is 0.504. The Bertz CT molecular complexity index is 1070. The summed E-state index contributed by atoms with van der Waals surface area (Å²) in [6.07, 6.45) is 1.51. The van der Waals surface area contributed by atoms with Crippen LogP contribution < -0.4 is 0 Å². The quantitative estimate of drug-likeness (QED) is 0.379. The van der Waals surface area contributed by atoms with Crippen molar-refractivity contribution in [3.8, 4) is 0 Å². The number of ether oxygens (including phenoxy) is 1. The number of methoxy groups -OCH3 is 1. The monoisotopic (exact) mass is 398 g/mol. The Hall–Kier alpha value is -3.12. The Morgan fingerprint density at radius 3 is 2.25 bits per heavy atom. The van der Waals surface area contributed by atoms with Crippen LogP contribution in [0.3, 0.4) is 0 Å². The smallest absolute Gasteiger partial charge is 0.337 e. The second-order valence-electron chi connectivity index (χ2n) is 6.47.